The standard InChI is InChI=1S/C16H25N/c1-4-6-8-9-10-11-12-14-16(3)17-15-13-7-5-2/h4,6,8-10,12,14,17H,1,3,5,7,11,13,15H2,2H3/b8-6-,10-9-,14-12+. The molecule has 0 saturated carbocycles. The smallest absolute Gasteiger partial charge is 0.0263 e. The van der Waals surface area contributed by atoms with E-state index >= 15 is 0 Å². The van der Waals surface area contributed by atoms with Crippen LogP contribution >= 0.6 is 0 Å². The maximum absolute atomic E-state index is 3.95. The van der Waals surface area contributed by atoms with Crippen LogP contribution in [0.4, 0.5) is 0 Å². The fourth-order valence-corrected chi connectivity index (χ4v) is 1.27. The fraction of sp³-hybridized carbons (Fsp3) is 0.375. The quantitative estimate of drug-likeness (QED) is 0.430. The zero-order valence-electron chi connectivity index (χ0n) is 11.0. The number of allylic oxidation sites excluding steroid dienone is 7. The molecular weight excluding hydrogens is 206 g/mol. The van der Waals surface area contributed by atoms with Crippen molar-refractivity contribution in [1.82, 2.24) is 5.32 Å². The highest BCUT2D eigenvalue weighted by atomic mass is 14.9. The van der Waals surface area contributed by atoms with Gasteiger partial charge in [-0.2, -0.15) is 0 Å². The van der Waals surface area contributed by atoms with Crippen molar-refractivity contribution in [3.63, 3.8) is 0 Å². The van der Waals surface area contributed by atoms with Crippen molar-refractivity contribution in [3.8, 4) is 0 Å². The second-order valence-electron chi connectivity index (χ2n) is 3.85. The van der Waals surface area contributed by atoms with E-state index in [0.717, 1.165) is 18.7 Å². The fourth-order valence-electron chi connectivity index (χ4n) is 1.27. The van der Waals surface area contributed by atoms with E-state index in [2.05, 4.69) is 37.6 Å². The van der Waals surface area contributed by atoms with Gasteiger partial charge in [0, 0.05) is 12.2 Å². The second-order valence-corrected chi connectivity index (χ2v) is 3.85. The van der Waals surface area contributed by atoms with Crippen LogP contribution in [0.3, 0.4) is 0 Å². The van der Waals surface area contributed by atoms with Crippen molar-refractivity contribution in [2.75, 3.05) is 6.54 Å². The molecule has 1 heteroatoms. The lowest BCUT2D eigenvalue weighted by atomic mass is 10.2. The summed E-state index contributed by atoms with van der Waals surface area (Å²) in [4.78, 5) is 0. The first-order valence-electron chi connectivity index (χ1n) is 6.34. The topological polar surface area (TPSA) is 12.0 Å². The molecule has 17 heavy (non-hydrogen) atoms. The number of unbranched alkanes of at least 4 members (excludes halogenated alkanes) is 2. The molecule has 0 amide bonds. The highest BCUT2D eigenvalue weighted by Crippen LogP contribution is 1.95. The largest absolute Gasteiger partial charge is 0.386 e. The highest BCUT2D eigenvalue weighted by Gasteiger charge is 1.87. The van der Waals surface area contributed by atoms with Crippen molar-refractivity contribution in [2.45, 2.75) is 32.6 Å². The van der Waals surface area contributed by atoms with Gasteiger partial charge in [-0.05, 0) is 18.9 Å². The van der Waals surface area contributed by atoms with E-state index in [-0.39, 0.29) is 0 Å². The molecule has 0 aliphatic carbocycles. The molecule has 0 saturated heterocycles. The van der Waals surface area contributed by atoms with Crippen LogP contribution in [0.1, 0.15) is 32.6 Å². The van der Waals surface area contributed by atoms with Crippen LogP contribution in [0.15, 0.2) is 61.4 Å². The van der Waals surface area contributed by atoms with Crippen molar-refractivity contribution in [3.05, 3.63) is 61.4 Å². The zero-order chi connectivity index (χ0) is 12.8. The average Bonchev–Trinajstić information content (AvgIpc) is 2.33. The molecule has 0 aliphatic rings. The average molecular weight is 231 g/mol. The van der Waals surface area contributed by atoms with E-state index in [4.69, 9.17) is 0 Å². The number of rotatable bonds is 10. The molecule has 94 valence electrons. The molecule has 0 aromatic rings. The summed E-state index contributed by atoms with van der Waals surface area (Å²) in [5.74, 6) is 0. The Morgan fingerprint density at radius 2 is 1.94 bits per heavy atom. The van der Waals surface area contributed by atoms with Crippen molar-refractivity contribution in [2.24, 2.45) is 0 Å². The Bertz CT molecular complexity index is 282. The van der Waals surface area contributed by atoms with Crippen LogP contribution in [-0.4, -0.2) is 6.54 Å². The van der Waals surface area contributed by atoms with Gasteiger partial charge in [-0.3, -0.25) is 0 Å². The molecule has 0 rings (SSSR count). The van der Waals surface area contributed by atoms with Gasteiger partial charge in [0.2, 0.25) is 0 Å². The first-order chi connectivity index (χ1) is 8.31. The Morgan fingerprint density at radius 1 is 1.12 bits per heavy atom. The van der Waals surface area contributed by atoms with E-state index in [9.17, 15) is 0 Å². The minimum Gasteiger partial charge on any atom is -0.386 e. The van der Waals surface area contributed by atoms with Gasteiger partial charge < -0.3 is 5.32 Å². The summed E-state index contributed by atoms with van der Waals surface area (Å²) >= 11 is 0. The van der Waals surface area contributed by atoms with Crippen LogP contribution in [0, 0.1) is 0 Å². The Balaban J connectivity index is 3.56. The van der Waals surface area contributed by atoms with Gasteiger partial charge in [0.05, 0.1) is 0 Å². The Hall–Kier alpha value is -1.50. The van der Waals surface area contributed by atoms with Gasteiger partial charge >= 0.3 is 0 Å². The molecular formula is C16H25N. The molecule has 1 nitrogen and oxygen atoms in total. The lowest BCUT2D eigenvalue weighted by molar-refractivity contribution is 0.674. The maximum Gasteiger partial charge on any atom is 0.0263 e. The van der Waals surface area contributed by atoms with Gasteiger partial charge in [0.1, 0.15) is 0 Å². The third-order valence-corrected chi connectivity index (χ3v) is 2.22. The van der Waals surface area contributed by atoms with Gasteiger partial charge in [0.15, 0.2) is 0 Å². The number of hydrogen-bond donors (Lipinski definition) is 1. The molecule has 0 aromatic carbocycles. The summed E-state index contributed by atoms with van der Waals surface area (Å²) in [6, 6.07) is 0. The minimum absolute atomic E-state index is 0.928. The lowest BCUT2D eigenvalue weighted by Crippen LogP contribution is -2.12. The summed E-state index contributed by atoms with van der Waals surface area (Å²) in [7, 11) is 0. The number of hydrogen-bond acceptors (Lipinski definition) is 1. The molecule has 0 radical (unpaired) electrons. The van der Waals surface area contributed by atoms with Crippen molar-refractivity contribution >= 4 is 0 Å². The van der Waals surface area contributed by atoms with Gasteiger partial charge in [-0.15, -0.1) is 0 Å². The molecule has 0 heterocycles. The molecule has 0 atom stereocenters. The molecule has 0 aromatic heterocycles. The van der Waals surface area contributed by atoms with Gasteiger partial charge in [-0.25, -0.2) is 0 Å². The Morgan fingerprint density at radius 3 is 2.65 bits per heavy atom. The molecule has 0 fully saturated rings. The third kappa shape index (κ3) is 12.4. The second kappa shape index (κ2) is 12.6. The van der Waals surface area contributed by atoms with Gasteiger partial charge in [0.25, 0.3) is 0 Å². The van der Waals surface area contributed by atoms with Crippen LogP contribution in [0.25, 0.3) is 0 Å². The summed E-state index contributed by atoms with van der Waals surface area (Å²) in [6.07, 6.45) is 18.6. The van der Waals surface area contributed by atoms with E-state index < -0.39 is 0 Å². The summed E-state index contributed by atoms with van der Waals surface area (Å²) in [6.45, 7) is 10.8. The third-order valence-electron chi connectivity index (χ3n) is 2.22. The van der Waals surface area contributed by atoms with E-state index in [0.29, 0.717) is 0 Å². The van der Waals surface area contributed by atoms with E-state index in [1.54, 1.807) is 6.08 Å². The molecule has 0 unspecified atom stereocenters. The Labute approximate surface area is 106 Å². The predicted octanol–water partition coefficient (Wildman–Crippen LogP) is 4.52. The predicted molar refractivity (Wildman–Crippen MR) is 78.9 cm³/mol. The SMILES string of the molecule is C=C/C=C\C=C/C/C=C/C(=C)NCCCCC. The molecule has 0 aliphatic heterocycles. The van der Waals surface area contributed by atoms with Crippen LogP contribution in [0.2, 0.25) is 0 Å². The van der Waals surface area contributed by atoms with E-state index in [1.165, 1.54) is 19.3 Å². The molecule has 1 N–H and O–H groups in total. The first kappa shape index (κ1) is 15.5. The van der Waals surface area contributed by atoms with Crippen LogP contribution < -0.4 is 5.32 Å². The van der Waals surface area contributed by atoms with Gasteiger partial charge in [-0.1, -0.05) is 69.4 Å². The molecule has 0 bridgehead atoms. The first-order valence-corrected chi connectivity index (χ1v) is 6.34. The maximum atomic E-state index is 3.95. The summed E-state index contributed by atoms with van der Waals surface area (Å²) in [5.41, 5.74) is 0.996. The summed E-state index contributed by atoms with van der Waals surface area (Å²) < 4.78 is 0. The van der Waals surface area contributed by atoms with Crippen LogP contribution in [-0.2, 0) is 0 Å². The lowest BCUT2D eigenvalue weighted by Gasteiger charge is -2.04. The monoisotopic (exact) mass is 231 g/mol. The summed E-state index contributed by atoms with van der Waals surface area (Å²) in [5, 5.41) is 3.30. The van der Waals surface area contributed by atoms with E-state index in [1.807, 2.05) is 24.3 Å². The number of nitrogens with one attached hydrogen (secondary N) is 1. The normalized spacial score (nSPS) is 11.6. The zero-order valence-corrected chi connectivity index (χ0v) is 11.0. The van der Waals surface area contributed by atoms with Crippen molar-refractivity contribution in [1.29, 1.82) is 0 Å². The highest BCUT2D eigenvalue weighted by molar-refractivity contribution is 5.15. The minimum atomic E-state index is 0.928. The Kier molecular flexibility index (Phi) is 11.5. The molecule has 0 spiro atoms. The van der Waals surface area contributed by atoms with Crippen molar-refractivity contribution < 1.29 is 0 Å². The van der Waals surface area contributed by atoms with Crippen LogP contribution in [0.5, 0.6) is 0 Å².